The predicted molar refractivity (Wildman–Crippen MR) is 81.8 cm³/mol. The molecule has 1 heterocycles. The molecule has 1 saturated carbocycles. The summed E-state index contributed by atoms with van der Waals surface area (Å²) in [6, 6.07) is 3.55. The highest BCUT2D eigenvalue weighted by Crippen LogP contribution is 2.42. The van der Waals surface area contributed by atoms with E-state index in [-0.39, 0.29) is 23.7 Å². The van der Waals surface area contributed by atoms with Gasteiger partial charge in [-0.25, -0.2) is 4.90 Å². The van der Waals surface area contributed by atoms with Gasteiger partial charge in [-0.05, 0) is 53.4 Å². The summed E-state index contributed by atoms with van der Waals surface area (Å²) in [7, 11) is 0. The molecule has 2 amide bonds. The van der Waals surface area contributed by atoms with Crippen LogP contribution in [0.3, 0.4) is 0 Å². The molecular formula is C15H15BrClNO2. The third-order valence-electron chi connectivity index (χ3n) is 4.32. The van der Waals surface area contributed by atoms with Crippen molar-refractivity contribution in [3.8, 4) is 0 Å². The Morgan fingerprint density at radius 2 is 1.70 bits per heavy atom. The number of fused-ring (bicyclic) bond motifs is 1. The van der Waals surface area contributed by atoms with Gasteiger partial charge < -0.3 is 0 Å². The Labute approximate surface area is 131 Å². The molecule has 2 aliphatic rings. The average Bonchev–Trinajstić information content (AvgIpc) is 2.68. The summed E-state index contributed by atoms with van der Waals surface area (Å²) in [4.78, 5) is 26.5. The van der Waals surface area contributed by atoms with Crippen LogP contribution in [0.25, 0.3) is 0 Å². The van der Waals surface area contributed by atoms with Crippen LogP contribution in [0.2, 0.25) is 5.02 Å². The highest BCUT2D eigenvalue weighted by atomic mass is 79.9. The lowest BCUT2D eigenvalue weighted by Gasteiger charge is -2.19. The summed E-state index contributed by atoms with van der Waals surface area (Å²) >= 11 is 9.48. The van der Waals surface area contributed by atoms with Gasteiger partial charge in [-0.1, -0.05) is 24.4 Å². The maximum Gasteiger partial charge on any atom is 0.237 e. The Balaban J connectivity index is 2.04. The van der Waals surface area contributed by atoms with Crippen LogP contribution in [0.4, 0.5) is 5.69 Å². The van der Waals surface area contributed by atoms with Gasteiger partial charge in [0.2, 0.25) is 11.8 Å². The Hall–Kier alpha value is -0.870. The van der Waals surface area contributed by atoms with E-state index in [9.17, 15) is 9.59 Å². The smallest absolute Gasteiger partial charge is 0.237 e. The molecule has 0 aromatic heterocycles. The van der Waals surface area contributed by atoms with Gasteiger partial charge in [0.15, 0.2) is 0 Å². The second-order valence-electron chi connectivity index (χ2n) is 5.56. The van der Waals surface area contributed by atoms with Gasteiger partial charge in [0, 0.05) is 4.47 Å². The van der Waals surface area contributed by atoms with Crippen molar-refractivity contribution in [3.05, 3.63) is 27.2 Å². The Morgan fingerprint density at radius 1 is 1.15 bits per heavy atom. The van der Waals surface area contributed by atoms with E-state index in [0.29, 0.717) is 10.7 Å². The van der Waals surface area contributed by atoms with E-state index in [2.05, 4.69) is 15.9 Å². The standard InChI is InChI=1S/C15H15BrClNO2/c1-8-6-11(16)12(17)7-13(8)18-14(19)9-4-2-3-5-10(9)15(18)20/h6-7,9-10H,2-5H2,1H3/t9-,10-/m0/s1. The van der Waals surface area contributed by atoms with Crippen LogP contribution in [0, 0.1) is 18.8 Å². The van der Waals surface area contributed by atoms with E-state index in [4.69, 9.17) is 11.6 Å². The van der Waals surface area contributed by atoms with E-state index in [1.165, 1.54) is 4.90 Å². The van der Waals surface area contributed by atoms with Gasteiger partial charge in [-0.15, -0.1) is 0 Å². The minimum Gasteiger partial charge on any atom is -0.274 e. The van der Waals surface area contributed by atoms with Gasteiger partial charge in [-0.3, -0.25) is 9.59 Å². The SMILES string of the molecule is Cc1cc(Br)c(Cl)cc1N1C(=O)[C@H]2CCCC[C@@H]2C1=O. The molecule has 3 nitrogen and oxygen atoms in total. The lowest BCUT2D eigenvalue weighted by atomic mass is 9.81. The van der Waals surface area contributed by atoms with Crippen LogP contribution in [-0.4, -0.2) is 11.8 Å². The molecule has 1 aromatic rings. The van der Waals surface area contributed by atoms with Crippen molar-refractivity contribution in [2.24, 2.45) is 11.8 Å². The maximum absolute atomic E-state index is 12.5. The first-order valence-electron chi connectivity index (χ1n) is 6.84. The number of anilines is 1. The highest BCUT2D eigenvalue weighted by Gasteiger charge is 2.49. The highest BCUT2D eigenvalue weighted by molar-refractivity contribution is 9.10. The summed E-state index contributed by atoms with van der Waals surface area (Å²) in [6.45, 7) is 1.89. The second-order valence-corrected chi connectivity index (χ2v) is 6.82. The molecule has 1 saturated heterocycles. The number of halogens is 2. The molecular weight excluding hydrogens is 342 g/mol. The van der Waals surface area contributed by atoms with Crippen LogP contribution in [0.15, 0.2) is 16.6 Å². The van der Waals surface area contributed by atoms with Crippen molar-refractivity contribution in [2.75, 3.05) is 4.90 Å². The van der Waals surface area contributed by atoms with Gasteiger partial charge in [0.05, 0.1) is 22.5 Å². The Bertz CT molecular complexity index is 578. The normalized spacial score (nSPS) is 26.1. The largest absolute Gasteiger partial charge is 0.274 e. The summed E-state index contributed by atoms with van der Waals surface area (Å²) in [6.07, 6.45) is 3.73. The lowest BCUT2D eigenvalue weighted by Crippen LogP contribution is -2.31. The van der Waals surface area contributed by atoms with Gasteiger partial charge >= 0.3 is 0 Å². The summed E-state index contributed by atoms with van der Waals surface area (Å²) in [5.74, 6) is -0.362. The molecule has 3 rings (SSSR count). The number of benzene rings is 1. The van der Waals surface area contributed by atoms with Crippen molar-refractivity contribution in [1.29, 1.82) is 0 Å². The summed E-state index contributed by atoms with van der Waals surface area (Å²) in [5.41, 5.74) is 1.50. The number of carbonyl (C=O) groups is 2. The van der Waals surface area contributed by atoms with Crippen LogP contribution in [0.1, 0.15) is 31.2 Å². The quantitative estimate of drug-likeness (QED) is 0.711. The number of imide groups is 1. The molecule has 0 spiro atoms. The van der Waals surface area contributed by atoms with Crippen molar-refractivity contribution in [3.63, 3.8) is 0 Å². The molecule has 0 N–H and O–H groups in total. The molecule has 0 radical (unpaired) electrons. The fourth-order valence-electron chi connectivity index (χ4n) is 3.28. The molecule has 106 valence electrons. The first kappa shape index (κ1) is 14.1. The van der Waals surface area contributed by atoms with E-state index in [0.717, 1.165) is 35.7 Å². The average molecular weight is 357 g/mol. The number of amides is 2. The fraction of sp³-hybridized carbons (Fsp3) is 0.467. The monoisotopic (exact) mass is 355 g/mol. The number of aryl methyl sites for hydroxylation is 1. The summed E-state index contributed by atoms with van der Waals surface area (Å²) < 4.78 is 0.775. The van der Waals surface area contributed by atoms with Crippen molar-refractivity contribution >= 4 is 45.0 Å². The van der Waals surface area contributed by atoms with Crippen molar-refractivity contribution in [1.82, 2.24) is 0 Å². The first-order chi connectivity index (χ1) is 9.50. The number of hydrogen-bond acceptors (Lipinski definition) is 2. The molecule has 2 fully saturated rings. The zero-order valence-corrected chi connectivity index (χ0v) is 13.5. The number of hydrogen-bond donors (Lipinski definition) is 0. The topological polar surface area (TPSA) is 37.4 Å². The second kappa shape index (κ2) is 5.15. The molecule has 0 bridgehead atoms. The van der Waals surface area contributed by atoms with Gasteiger partial charge in [0.1, 0.15) is 0 Å². The number of carbonyl (C=O) groups excluding carboxylic acids is 2. The van der Waals surface area contributed by atoms with Crippen molar-refractivity contribution < 1.29 is 9.59 Å². The fourth-order valence-corrected chi connectivity index (χ4v) is 3.89. The van der Waals surface area contributed by atoms with Crippen LogP contribution in [0.5, 0.6) is 0 Å². The Morgan fingerprint density at radius 3 is 2.25 bits per heavy atom. The van der Waals surface area contributed by atoms with Crippen molar-refractivity contribution in [2.45, 2.75) is 32.6 Å². The Kier molecular flexibility index (Phi) is 3.63. The molecule has 1 aliphatic heterocycles. The minimum atomic E-state index is -0.127. The maximum atomic E-state index is 12.5. The van der Waals surface area contributed by atoms with Crippen LogP contribution in [-0.2, 0) is 9.59 Å². The van der Waals surface area contributed by atoms with Crippen LogP contribution < -0.4 is 4.90 Å². The molecule has 1 aliphatic carbocycles. The zero-order valence-electron chi connectivity index (χ0n) is 11.2. The molecule has 1 aromatic carbocycles. The van der Waals surface area contributed by atoms with E-state index in [1.54, 1.807) is 6.07 Å². The molecule has 2 atom stereocenters. The molecule has 5 heteroatoms. The summed E-state index contributed by atoms with van der Waals surface area (Å²) in [5, 5.41) is 0.515. The van der Waals surface area contributed by atoms with Gasteiger partial charge in [0.25, 0.3) is 0 Å². The van der Waals surface area contributed by atoms with E-state index in [1.807, 2.05) is 13.0 Å². The third kappa shape index (κ3) is 2.09. The zero-order chi connectivity index (χ0) is 14.4. The minimum absolute atomic E-state index is 0.0545. The number of nitrogens with zero attached hydrogens (tertiary/aromatic N) is 1. The number of rotatable bonds is 1. The molecule has 0 unspecified atom stereocenters. The third-order valence-corrected chi connectivity index (χ3v) is 5.52. The lowest BCUT2D eigenvalue weighted by molar-refractivity contribution is -0.122. The van der Waals surface area contributed by atoms with E-state index < -0.39 is 0 Å². The molecule has 20 heavy (non-hydrogen) atoms. The first-order valence-corrected chi connectivity index (χ1v) is 8.01. The van der Waals surface area contributed by atoms with Crippen LogP contribution >= 0.6 is 27.5 Å². The van der Waals surface area contributed by atoms with E-state index >= 15 is 0 Å². The van der Waals surface area contributed by atoms with Gasteiger partial charge in [-0.2, -0.15) is 0 Å². The predicted octanol–water partition coefficient (Wildman–Crippen LogP) is 4.09.